The molecule has 1 N–H and O–H groups in total. The molecule has 0 aliphatic heterocycles. The molecule has 0 unspecified atom stereocenters. The van der Waals surface area contributed by atoms with Crippen LogP contribution in [-0.2, 0) is 17.8 Å². The van der Waals surface area contributed by atoms with Crippen molar-refractivity contribution < 1.29 is 14.3 Å². The molecule has 0 fully saturated rings. The first-order valence-electron chi connectivity index (χ1n) is 10.7. The summed E-state index contributed by atoms with van der Waals surface area (Å²) in [5, 5.41) is 12.9. The van der Waals surface area contributed by atoms with Gasteiger partial charge in [-0.15, -0.1) is 6.58 Å². The number of ether oxygens (including phenoxy) is 2. The van der Waals surface area contributed by atoms with Gasteiger partial charge in [0.05, 0.1) is 7.11 Å². The fourth-order valence-corrected chi connectivity index (χ4v) is 3.81. The zero-order valence-electron chi connectivity index (χ0n) is 19.4. The SMILES string of the molecule is C=CCc1cc(/C=C(/C#N)C(=O)Nc2cccc(Cl)c2C)cc(OC)c1OCc1ccc(Br)cc1. The van der Waals surface area contributed by atoms with Crippen molar-refractivity contribution >= 4 is 45.2 Å². The fourth-order valence-electron chi connectivity index (χ4n) is 3.37. The van der Waals surface area contributed by atoms with Crippen LogP contribution < -0.4 is 14.8 Å². The summed E-state index contributed by atoms with van der Waals surface area (Å²) in [7, 11) is 1.55. The Bertz CT molecular complexity index is 1310. The first-order chi connectivity index (χ1) is 16.9. The standard InChI is InChI=1S/C28H24BrClN2O3/c1-4-6-21-13-20(14-22(16-31)28(33)32-25-8-5-7-24(30)18(25)2)15-26(34-3)27(21)35-17-19-9-11-23(29)12-10-19/h4-5,7-15H,1,6,17H2,2-3H3,(H,32,33)/b22-14-. The minimum absolute atomic E-state index is 0.0560. The average molecular weight is 552 g/mol. The highest BCUT2D eigenvalue weighted by atomic mass is 79.9. The molecule has 0 heterocycles. The molecule has 0 bridgehead atoms. The van der Waals surface area contributed by atoms with Gasteiger partial charge in [-0.05, 0) is 72.5 Å². The second-order valence-electron chi connectivity index (χ2n) is 7.66. The highest BCUT2D eigenvalue weighted by Crippen LogP contribution is 2.35. The lowest BCUT2D eigenvalue weighted by molar-refractivity contribution is -0.112. The van der Waals surface area contributed by atoms with Crippen LogP contribution >= 0.6 is 27.5 Å². The van der Waals surface area contributed by atoms with Crippen molar-refractivity contribution in [3.8, 4) is 17.6 Å². The van der Waals surface area contributed by atoms with Crippen LogP contribution in [0.1, 0.15) is 22.3 Å². The maximum absolute atomic E-state index is 12.8. The molecule has 1 amide bonds. The van der Waals surface area contributed by atoms with E-state index in [-0.39, 0.29) is 5.57 Å². The van der Waals surface area contributed by atoms with Crippen LogP contribution in [0.15, 0.2) is 77.3 Å². The quantitative estimate of drug-likeness (QED) is 0.172. The van der Waals surface area contributed by atoms with Crippen molar-refractivity contribution in [2.45, 2.75) is 20.0 Å². The van der Waals surface area contributed by atoms with Gasteiger partial charge in [-0.3, -0.25) is 4.79 Å². The van der Waals surface area contributed by atoms with Gasteiger partial charge in [-0.2, -0.15) is 5.26 Å². The predicted molar refractivity (Wildman–Crippen MR) is 144 cm³/mol. The van der Waals surface area contributed by atoms with E-state index in [0.717, 1.165) is 21.2 Å². The molecule has 0 spiro atoms. The number of nitriles is 1. The third kappa shape index (κ3) is 6.75. The largest absolute Gasteiger partial charge is 0.493 e. The molecule has 0 saturated carbocycles. The maximum Gasteiger partial charge on any atom is 0.266 e. The van der Waals surface area contributed by atoms with Crippen LogP contribution in [0.25, 0.3) is 6.08 Å². The second kappa shape index (κ2) is 12.3. The molecule has 178 valence electrons. The monoisotopic (exact) mass is 550 g/mol. The van der Waals surface area contributed by atoms with Gasteiger partial charge in [-0.25, -0.2) is 0 Å². The van der Waals surface area contributed by atoms with Gasteiger partial charge in [0.25, 0.3) is 5.91 Å². The highest BCUT2D eigenvalue weighted by molar-refractivity contribution is 9.10. The Morgan fingerprint density at radius 2 is 1.97 bits per heavy atom. The Kier molecular flexibility index (Phi) is 9.13. The normalized spacial score (nSPS) is 10.9. The Hall–Kier alpha value is -3.53. The fraction of sp³-hybridized carbons (Fsp3) is 0.143. The van der Waals surface area contributed by atoms with Crippen molar-refractivity contribution in [3.63, 3.8) is 0 Å². The Morgan fingerprint density at radius 1 is 1.23 bits per heavy atom. The summed E-state index contributed by atoms with van der Waals surface area (Å²) in [5.41, 5.74) is 3.67. The average Bonchev–Trinajstić information content (AvgIpc) is 2.85. The summed E-state index contributed by atoms with van der Waals surface area (Å²) in [6.45, 7) is 5.99. The zero-order valence-corrected chi connectivity index (χ0v) is 21.7. The van der Waals surface area contributed by atoms with Crippen molar-refractivity contribution in [2.75, 3.05) is 12.4 Å². The number of nitrogens with one attached hydrogen (secondary N) is 1. The summed E-state index contributed by atoms with van der Waals surface area (Å²) < 4.78 is 12.7. The van der Waals surface area contributed by atoms with Crippen LogP contribution in [0, 0.1) is 18.3 Å². The molecule has 0 aliphatic carbocycles. The van der Waals surface area contributed by atoms with Gasteiger partial charge in [-0.1, -0.05) is 51.8 Å². The van der Waals surface area contributed by atoms with Gasteiger partial charge < -0.3 is 14.8 Å². The molecular formula is C28H24BrClN2O3. The maximum atomic E-state index is 12.8. The lowest BCUT2D eigenvalue weighted by Crippen LogP contribution is -2.14. The van der Waals surface area contributed by atoms with Gasteiger partial charge in [0.2, 0.25) is 0 Å². The third-order valence-corrected chi connectivity index (χ3v) is 6.16. The molecule has 0 radical (unpaired) electrons. The third-order valence-electron chi connectivity index (χ3n) is 5.23. The van der Waals surface area contributed by atoms with E-state index in [1.807, 2.05) is 36.4 Å². The van der Waals surface area contributed by atoms with E-state index in [9.17, 15) is 10.1 Å². The molecule has 0 aliphatic rings. The highest BCUT2D eigenvalue weighted by Gasteiger charge is 2.16. The van der Waals surface area contributed by atoms with Crippen molar-refractivity contribution in [2.24, 2.45) is 0 Å². The number of allylic oxidation sites excluding steroid dienone is 1. The topological polar surface area (TPSA) is 71.4 Å². The zero-order chi connectivity index (χ0) is 25.4. The van der Waals surface area contributed by atoms with Crippen LogP contribution in [0.3, 0.4) is 0 Å². The smallest absolute Gasteiger partial charge is 0.266 e. The van der Waals surface area contributed by atoms with Crippen LogP contribution in [0.4, 0.5) is 5.69 Å². The number of carbonyl (C=O) groups is 1. The van der Waals surface area contributed by atoms with Crippen molar-refractivity contribution in [1.29, 1.82) is 5.26 Å². The van der Waals surface area contributed by atoms with Crippen LogP contribution in [0.2, 0.25) is 5.02 Å². The molecule has 5 nitrogen and oxygen atoms in total. The number of carbonyl (C=O) groups excluding carboxylic acids is 1. The van der Waals surface area contributed by atoms with E-state index in [1.165, 1.54) is 6.08 Å². The molecule has 0 atom stereocenters. The number of anilines is 1. The molecule has 3 aromatic rings. The number of hydrogen-bond acceptors (Lipinski definition) is 4. The number of rotatable bonds is 9. The molecule has 7 heteroatoms. The van der Waals surface area contributed by atoms with Gasteiger partial charge >= 0.3 is 0 Å². The molecular weight excluding hydrogens is 528 g/mol. The molecule has 3 rings (SSSR count). The van der Waals surface area contributed by atoms with E-state index in [4.69, 9.17) is 21.1 Å². The number of methoxy groups -OCH3 is 1. The lowest BCUT2D eigenvalue weighted by atomic mass is 10.0. The predicted octanol–water partition coefficient (Wildman–Crippen LogP) is 7.27. The Morgan fingerprint density at radius 3 is 2.63 bits per heavy atom. The molecule has 0 saturated heterocycles. The number of halogens is 2. The van der Waals surface area contributed by atoms with E-state index in [0.29, 0.717) is 40.8 Å². The van der Waals surface area contributed by atoms with Crippen molar-refractivity contribution in [1.82, 2.24) is 0 Å². The van der Waals surface area contributed by atoms with E-state index < -0.39 is 5.91 Å². The molecule has 0 aromatic heterocycles. The van der Waals surface area contributed by atoms with Gasteiger partial charge in [0.1, 0.15) is 18.2 Å². The second-order valence-corrected chi connectivity index (χ2v) is 8.98. The Labute approximate surface area is 218 Å². The number of amides is 1. The van der Waals surface area contributed by atoms with E-state index >= 15 is 0 Å². The lowest BCUT2D eigenvalue weighted by Gasteiger charge is -2.16. The van der Waals surface area contributed by atoms with Crippen molar-refractivity contribution in [3.05, 3.63) is 105 Å². The number of nitrogens with zero attached hydrogens (tertiary/aromatic N) is 1. The van der Waals surface area contributed by atoms with E-state index in [2.05, 4.69) is 27.8 Å². The van der Waals surface area contributed by atoms with Crippen LogP contribution in [-0.4, -0.2) is 13.0 Å². The van der Waals surface area contributed by atoms with Gasteiger partial charge in [0, 0.05) is 20.7 Å². The van der Waals surface area contributed by atoms with Gasteiger partial charge in [0.15, 0.2) is 11.5 Å². The Balaban J connectivity index is 1.91. The molecule has 3 aromatic carbocycles. The summed E-state index contributed by atoms with van der Waals surface area (Å²) in [5.74, 6) is 0.554. The first kappa shape index (κ1) is 26.1. The summed E-state index contributed by atoms with van der Waals surface area (Å²) in [4.78, 5) is 12.8. The summed E-state index contributed by atoms with van der Waals surface area (Å²) >= 11 is 9.57. The minimum Gasteiger partial charge on any atom is -0.493 e. The van der Waals surface area contributed by atoms with E-state index in [1.54, 1.807) is 44.4 Å². The summed E-state index contributed by atoms with van der Waals surface area (Å²) in [6.07, 6.45) is 3.79. The first-order valence-corrected chi connectivity index (χ1v) is 11.9. The number of benzene rings is 3. The van der Waals surface area contributed by atoms with Crippen LogP contribution in [0.5, 0.6) is 11.5 Å². The number of hydrogen-bond donors (Lipinski definition) is 1. The molecule has 35 heavy (non-hydrogen) atoms. The summed E-state index contributed by atoms with van der Waals surface area (Å²) in [6, 6.07) is 18.6. The minimum atomic E-state index is -0.530.